The van der Waals surface area contributed by atoms with Crippen LogP contribution in [0, 0.1) is 0 Å². The number of carbonyl (C=O) groups is 4. The third kappa shape index (κ3) is 8.60. The van der Waals surface area contributed by atoms with Crippen molar-refractivity contribution in [2.24, 2.45) is 11.5 Å². The summed E-state index contributed by atoms with van der Waals surface area (Å²) in [5, 5.41) is 7.00. The molecule has 0 bridgehead atoms. The molecule has 0 saturated carbocycles. The molecule has 1 saturated heterocycles. The van der Waals surface area contributed by atoms with Crippen LogP contribution < -0.4 is 21.7 Å². The van der Waals surface area contributed by atoms with E-state index in [1.54, 1.807) is 0 Å². The Hall–Kier alpha value is -4.84. The third-order valence-electron chi connectivity index (χ3n) is 11.3. The van der Waals surface area contributed by atoms with Gasteiger partial charge in [-0.2, -0.15) is 0 Å². The number of imide groups is 2. The molecule has 298 valence electrons. The number of anilines is 2. The first-order valence-electron chi connectivity index (χ1n) is 20.8. The van der Waals surface area contributed by atoms with Gasteiger partial charge in [-0.3, -0.25) is 33.9 Å². The van der Waals surface area contributed by atoms with E-state index in [1.165, 1.54) is 9.80 Å². The van der Waals surface area contributed by atoms with E-state index in [-0.39, 0.29) is 23.6 Å². The van der Waals surface area contributed by atoms with Gasteiger partial charge in [-0.25, -0.2) is 0 Å². The van der Waals surface area contributed by atoms with Crippen molar-refractivity contribution < 1.29 is 19.2 Å². The van der Waals surface area contributed by atoms with Gasteiger partial charge in [0.15, 0.2) is 0 Å². The van der Waals surface area contributed by atoms with Crippen molar-refractivity contribution in [2.75, 3.05) is 75.7 Å². The van der Waals surface area contributed by atoms with Gasteiger partial charge in [-0.1, -0.05) is 70.2 Å². The van der Waals surface area contributed by atoms with E-state index in [1.807, 2.05) is 54.6 Å². The maximum Gasteiger partial charge on any atom is 0.261 e. The number of rotatable bonds is 17. The number of piperazine rings is 1. The molecule has 3 heterocycles. The van der Waals surface area contributed by atoms with Crippen molar-refractivity contribution in [1.29, 1.82) is 0 Å². The summed E-state index contributed by atoms with van der Waals surface area (Å²) >= 11 is 0. The van der Waals surface area contributed by atoms with Crippen molar-refractivity contribution in [3.05, 3.63) is 82.9 Å². The fourth-order valence-corrected chi connectivity index (χ4v) is 8.22. The Morgan fingerprint density at radius 3 is 1.62 bits per heavy atom. The molecule has 0 spiro atoms. The summed E-state index contributed by atoms with van der Waals surface area (Å²) in [7, 11) is 0. The summed E-state index contributed by atoms with van der Waals surface area (Å²) in [6.45, 7) is 12.2. The number of amides is 4. The molecule has 3 aliphatic rings. The van der Waals surface area contributed by atoms with Crippen LogP contribution >= 0.6 is 0 Å². The predicted octanol–water partition coefficient (Wildman–Crippen LogP) is 6.87. The highest BCUT2D eigenvalue weighted by molar-refractivity contribution is 6.27. The summed E-state index contributed by atoms with van der Waals surface area (Å²) in [6, 6.07) is 19.3. The van der Waals surface area contributed by atoms with Crippen LogP contribution in [0.3, 0.4) is 0 Å². The van der Waals surface area contributed by atoms with Gasteiger partial charge in [0.25, 0.3) is 23.6 Å². The van der Waals surface area contributed by atoms with Gasteiger partial charge < -0.3 is 21.7 Å². The number of carbonyl (C=O) groups excluding carboxylic acids is 4. The molecule has 4 amide bonds. The predicted molar refractivity (Wildman–Crippen MR) is 227 cm³/mol. The Morgan fingerprint density at radius 1 is 0.536 bits per heavy atom. The maximum atomic E-state index is 13.1. The molecule has 1 fully saturated rings. The van der Waals surface area contributed by atoms with Gasteiger partial charge in [-0.15, -0.1) is 0 Å². The van der Waals surface area contributed by atoms with E-state index in [0.717, 1.165) is 137 Å². The lowest BCUT2D eigenvalue weighted by atomic mass is 9.92. The molecule has 0 aliphatic carbocycles. The zero-order valence-corrected chi connectivity index (χ0v) is 33.3. The average molecular weight is 762 g/mol. The first kappa shape index (κ1) is 40.8. The van der Waals surface area contributed by atoms with E-state index in [9.17, 15) is 19.2 Å². The summed E-state index contributed by atoms with van der Waals surface area (Å²) < 4.78 is 0. The quantitative estimate of drug-likeness (QED) is 0.0775. The highest BCUT2D eigenvalue weighted by atomic mass is 16.2. The third-order valence-corrected chi connectivity index (χ3v) is 11.3. The molecule has 11 heteroatoms. The molecule has 56 heavy (non-hydrogen) atoms. The van der Waals surface area contributed by atoms with Gasteiger partial charge in [0.2, 0.25) is 0 Å². The van der Waals surface area contributed by atoms with Crippen LogP contribution in [0.2, 0.25) is 0 Å². The zero-order chi connectivity index (χ0) is 39.6. The van der Waals surface area contributed by atoms with E-state index in [2.05, 4.69) is 35.0 Å². The van der Waals surface area contributed by atoms with Gasteiger partial charge in [0, 0.05) is 114 Å². The van der Waals surface area contributed by atoms with E-state index >= 15 is 0 Å². The Morgan fingerprint density at radius 2 is 1.07 bits per heavy atom. The molecular weight excluding hydrogens is 703 g/mol. The SMILES string of the molecule is CCCCCN1C(=O)c2cccc3c(N4CCN(CCN)CC4)ccc(c23)C1=O.CCCCCN1C(=O)c2cccc3c(NCCCCCN)ccc(c23)C1=O. The summed E-state index contributed by atoms with van der Waals surface area (Å²) in [5.74, 6) is -0.660. The Kier molecular flexibility index (Phi) is 14.1. The van der Waals surface area contributed by atoms with E-state index in [4.69, 9.17) is 11.5 Å². The minimum atomic E-state index is -0.172. The number of nitrogens with two attached hydrogens (primary N) is 2. The van der Waals surface area contributed by atoms with Crippen molar-refractivity contribution in [3.8, 4) is 0 Å². The molecule has 5 N–H and O–H groups in total. The average Bonchev–Trinajstić information content (AvgIpc) is 3.22. The molecule has 3 aliphatic heterocycles. The molecule has 11 nitrogen and oxygen atoms in total. The monoisotopic (exact) mass is 761 g/mol. The number of hydrogen-bond acceptors (Lipinski definition) is 9. The largest absolute Gasteiger partial charge is 0.385 e. The zero-order valence-electron chi connectivity index (χ0n) is 33.3. The van der Waals surface area contributed by atoms with Crippen LogP contribution in [-0.2, 0) is 0 Å². The second-order valence-corrected chi connectivity index (χ2v) is 15.1. The first-order valence-corrected chi connectivity index (χ1v) is 20.8. The molecule has 4 aromatic rings. The van der Waals surface area contributed by atoms with Crippen LogP contribution in [0.5, 0.6) is 0 Å². The van der Waals surface area contributed by atoms with Gasteiger partial charge in [-0.05, 0) is 68.6 Å². The number of unbranched alkanes of at least 4 members (excludes halogenated alkanes) is 6. The molecule has 0 aromatic heterocycles. The van der Waals surface area contributed by atoms with Crippen molar-refractivity contribution in [2.45, 2.75) is 71.6 Å². The van der Waals surface area contributed by atoms with Gasteiger partial charge >= 0.3 is 0 Å². The topological polar surface area (TPSA) is 145 Å². The lowest BCUT2D eigenvalue weighted by Crippen LogP contribution is -2.48. The Balaban J connectivity index is 0.000000190. The van der Waals surface area contributed by atoms with Crippen LogP contribution in [0.15, 0.2) is 60.7 Å². The molecule has 0 unspecified atom stereocenters. The normalized spacial score (nSPS) is 15.5. The van der Waals surface area contributed by atoms with Gasteiger partial charge in [0.1, 0.15) is 0 Å². The lowest BCUT2D eigenvalue weighted by molar-refractivity contribution is 0.0592. The van der Waals surface area contributed by atoms with Crippen molar-refractivity contribution in [1.82, 2.24) is 14.7 Å². The number of benzene rings is 4. The van der Waals surface area contributed by atoms with Crippen molar-refractivity contribution in [3.63, 3.8) is 0 Å². The molecule has 0 atom stereocenters. The summed E-state index contributed by atoms with van der Waals surface area (Å²) in [5.41, 5.74) is 15.9. The minimum absolute atomic E-state index is 0.158. The van der Waals surface area contributed by atoms with Crippen LogP contribution in [-0.4, -0.2) is 104 Å². The number of hydrogen-bond donors (Lipinski definition) is 3. The minimum Gasteiger partial charge on any atom is -0.385 e. The maximum absolute atomic E-state index is 13.1. The lowest BCUT2D eigenvalue weighted by Gasteiger charge is -2.37. The summed E-state index contributed by atoms with van der Waals surface area (Å²) in [6.07, 6.45) is 9.02. The highest BCUT2D eigenvalue weighted by Crippen LogP contribution is 2.37. The standard InChI is InChI=1S/C23H30N4O2.C22H29N3O2/c1-2-3-4-11-27-22(28)18-7-5-6-17-20(9-8-19(21(17)18)23(27)29)26-15-13-25(12-10-24)14-16-26;1-2-3-7-15-25-21(26)17-10-8-9-16-19(24-14-6-4-5-13-23)12-11-18(20(16)17)22(25)27/h5-9H,2-4,10-16,24H2,1H3;8-12,24H,2-7,13-15,23H2,1H3. The number of nitrogens with one attached hydrogen (secondary N) is 1. The second-order valence-electron chi connectivity index (χ2n) is 15.1. The van der Waals surface area contributed by atoms with Crippen LogP contribution in [0.25, 0.3) is 21.5 Å². The van der Waals surface area contributed by atoms with E-state index in [0.29, 0.717) is 41.9 Å². The van der Waals surface area contributed by atoms with Gasteiger partial charge in [0.05, 0.1) is 0 Å². The summed E-state index contributed by atoms with van der Waals surface area (Å²) in [4.78, 5) is 59.6. The molecule has 0 radical (unpaired) electrons. The van der Waals surface area contributed by atoms with Crippen LogP contribution in [0.4, 0.5) is 11.4 Å². The highest BCUT2D eigenvalue weighted by Gasteiger charge is 2.34. The fraction of sp³-hybridized carbons (Fsp3) is 0.467. The van der Waals surface area contributed by atoms with E-state index < -0.39 is 0 Å². The first-order chi connectivity index (χ1) is 27.3. The second kappa shape index (κ2) is 19.3. The Labute approximate surface area is 331 Å². The molecule has 7 rings (SSSR count). The molecular formula is C45H59N7O4. The Bertz CT molecular complexity index is 2000. The number of nitrogens with zero attached hydrogens (tertiary/aromatic N) is 4. The van der Waals surface area contributed by atoms with Crippen molar-refractivity contribution >= 4 is 56.5 Å². The van der Waals surface area contributed by atoms with Crippen LogP contribution in [0.1, 0.15) is 113 Å². The molecule has 4 aromatic carbocycles. The smallest absolute Gasteiger partial charge is 0.261 e. The fourth-order valence-electron chi connectivity index (χ4n) is 8.22.